The van der Waals surface area contributed by atoms with Gasteiger partial charge >= 0.3 is 0 Å². The number of benzene rings is 3. The van der Waals surface area contributed by atoms with E-state index in [0.29, 0.717) is 27.6 Å². The van der Waals surface area contributed by atoms with Crippen molar-refractivity contribution in [1.29, 1.82) is 5.26 Å². The molecule has 3 aromatic rings. The molecule has 2 heterocycles. The van der Waals surface area contributed by atoms with Crippen LogP contribution in [0, 0.1) is 11.3 Å². The van der Waals surface area contributed by atoms with Crippen molar-refractivity contribution in [3.05, 3.63) is 111 Å². The van der Waals surface area contributed by atoms with Gasteiger partial charge in [0.15, 0.2) is 5.76 Å². The van der Waals surface area contributed by atoms with Crippen LogP contribution in [0.5, 0.6) is 5.75 Å². The highest BCUT2D eigenvalue weighted by Gasteiger charge is 2.47. The molecule has 35 heavy (non-hydrogen) atoms. The normalized spacial score (nSPS) is 18.3. The van der Waals surface area contributed by atoms with E-state index in [1.807, 2.05) is 6.07 Å². The number of nitrogens with two attached hydrogens (primary N) is 1. The first-order chi connectivity index (χ1) is 16.8. The van der Waals surface area contributed by atoms with E-state index in [9.17, 15) is 13.7 Å². The molecule has 5 rings (SSSR count). The number of ether oxygens (including phenoxy) is 2. The average molecular weight is 506 g/mol. The molecule has 0 aliphatic carbocycles. The zero-order valence-corrected chi connectivity index (χ0v) is 20.2. The Hall–Kier alpha value is -3.93. The number of allylic oxidation sites excluding steroid dienone is 2. The van der Waals surface area contributed by atoms with Crippen LogP contribution in [0.3, 0.4) is 0 Å². The number of halogens is 1. The number of nitriles is 1. The van der Waals surface area contributed by atoms with Crippen LogP contribution in [-0.2, 0) is 21.3 Å². The molecule has 3 aromatic carbocycles. The van der Waals surface area contributed by atoms with Crippen LogP contribution in [0.1, 0.15) is 22.6 Å². The van der Waals surface area contributed by atoms with Crippen LogP contribution in [0.4, 0.5) is 5.69 Å². The van der Waals surface area contributed by atoms with E-state index in [4.69, 9.17) is 26.8 Å². The number of para-hydroxylation sites is 1. The highest BCUT2D eigenvalue weighted by atomic mass is 35.5. The monoisotopic (exact) mass is 505 g/mol. The molecule has 0 radical (unpaired) electrons. The van der Waals surface area contributed by atoms with E-state index in [0.717, 1.165) is 5.56 Å². The van der Waals surface area contributed by atoms with Crippen LogP contribution in [0.2, 0.25) is 5.02 Å². The minimum atomic E-state index is -4.16. The summed E-state index contributed by atoms with van der Waals surface area (Å²) in [5.41, 5.74) is 8.49. The van der Waals surface area contributed by atoms with Gasteiger partial charge in [-0.2, -0.15) is 5.26 Å². The second kappa shape index (κ2) is 8.69. The molecule has 0 fully saturated rings. The molecule has 0 saturated carbocycles. The molecule has 0 aromatic heterocycles. The Morgan fingerprint density at radius 1 is 1.11 bits per heavy atom. The number of hydrogen-bond acceptors (Lipinski definition) is 6. The van der Waals surface area contributed by atoms with Crippen LogP contribution in [-0.4, -0.2) is 15.5 Å². The first-order valence-corrected chi connectivity index (χ1v) is 12.5. The number of fused-ring (bicyclic) bond motifs is 2. The molecule has 0 amide bonds. The van der Waals surface area contributed by atoms with Gasteiger partial charge in [0, 0.05) is 10.6 Å². The fourth-order valence-corrected chi connectivity index (χ4v) is 6.44. The molecule has 176 valence electrons. The molecule has 0 spiro atoms. The average Bonchev–Trinajstić information content (AvgIpc) is 2.86. The predicted molar refractivity (Wildman–Crippen MR) is 134 cm³/mol. The summed E-state index contributed by atoms with van der Waals surface area (Å²) >= 11 is 6.07. The van der Waals surface area contributed by atoms with Crippen LogP contribution in [0.25, 0.3) is 5.76 Å². The van der Waals surface area contributed by atoms with Crippen molar-refractivity contribution in [1.82, 2.24) is 0 Å². The van der Waals surface area contributed by atoms with Crippen molar-refractivity contribution in [2.24, 2.45) is 5.73 Å². The highest BCUT2D eigenvalue weighted by Crippen LogP contribution is 2.51. The van der Waals surface area contributed by atoms with Gasteiger partial charge in [-0.05, 0) is 47.5 Å². The van der Waals surface area contributed by atoms with E-state index >= 15 is 0 Å². The maximum Gasteiger partial charge on any atom is 0.265 e. The third-order valence-electron chi connectivity index (χ3n) is 6.02. The van der Waals surface area contributed by atoms with E-state index in [2.05, 4.69) is 6.07 Å². The summed E-state index contributed by atoms with van der Waals surface area (Å²) in [5.74, 6) is -0.337. The van der Waals surface area contributed by atoms with Crippen LogP contribution in [0.15, 0.2) is 89.2 Å². The standard InChI is InChI=1S/C26H20ClN3O4S/c1-33-19-6-4-5-16(13-19)15-30-22-8-3-2-7-20(22)24-25(35(30,31)32)23(21(14-28)26(29)34-24)17-9-11-18(27)12-10-17/h2-13,23H,15,29H2,1H3/t23-/m1/s1. The predicted octanol–water partition coefficient (Wildman–Crippen LogP) is 4.88. The fourth-order valence-electron chi connectivity index (χ4n) is 4.40. The Morgan fingerprint density at radius 3 is 2.57 bits per heavy atom. The summed E-state index contributed by atoms with van der Waals surface area (Å²) in [5, 5.41) is 10.4. The van der Waals surface area contributed by atoms with Crippen molar-refractivity contribution < 1.29 is 17.9 Å². The van der Waals surface area contributed by atoms with Gasteiger partial charge in [-0.15, -0.1) is 0 Å². The molecule has 1 atom stereocenters. The summed E-state index contributed by atoms with van der Waals surface area (Å²) in [7, 11) is -2.60. The minimum Gasteiger partial charge on any atom is -0.497 e. The number of methoxy groups -OCH3 is 1. The first kappa shape index (κ1) is 22.8. The smallest absolute Gasteiger partial charge is 0.265 e. The topological polar surface area (TPSA) is 106 Å². The maximum atomic E-state index is 14.2. The lowest BCUT2D eigenvalue weighted by atomic mass is 9.88. The van der Waals surface area contributed by atoms with Gasteiger partial charge < -0.3 is 15.2 Å². The van der Waals surface area contributed by atoms with Crippen molar-refractivity contribution >= 4 is 33.1 Å². The second-order valence-corrected chi connectivity index (χ2v) is 10.3. The van der Waals surface area contributed by atoms with Crippen molar-refractivity contribution in [2.45, 2.75) is 12.5 Å². The number of anilines is 1. The van der Waals surface area contributed by atoms with Gasteiger partial charge in [0.2, 0.25) is 5.88 Å². The van der Waals surface area contributed by atoms with Gasteiger partial charge in [-0.3, -0.25) is 4.31 Å². The molecule has 2 aliphatic rings. The summed E-state index contributed by atoms with van der Waals surface area (Å²) < 4.78 is 41.0. The molecule has 7 nitrogen and oxygen atoms in total. The zero-order valence-electron chi connectivity index (χ0n) is 18.6. The van der Waals surface area contributed by atoms with Crippen LogP contribution < -0.4 is 14.8 Å². The molecular formula is C26H20ClN3O4S. The van der Waals surface area contributed by atoms with Crippen molar-refractivity contribution in [2.75, 3.05) is 11.4 Å². The lowest BCUT2D eigenvalue weighted by molar-refractivity contribution is 0.357. The number of nitrogens with zero attached hydrogens (tertiary/aromatic N) is 2. The number of hydrogen-bond donors (Lipinski definition) is 1. The number of sulfonamides is 1. The molecule has 0 saturated heterocycles. The summed E-state index contributed by atoms with van der Waals surface area (Å²) in [6.07, 6.45) is 0. The van der Waals surface area contributed by atoms with Gasteiger partial charge in [-0.1, -0.05) is 48.0 Å². The first-order valence-electron chi connectivity index (χ1n) is 10.7. The quantitative estimate of drug-likeness (QED) is 0.542. The van der Waals surface area contributed by atoms with Crippen LogP contribution >= 0.6 is 11.6 Å². The molecule has 2 N–H and O–H groups in total. The highest BCUT2D eigenvalue weighted by molar-refractivity contribution is 7.96. The lowest BCUT2D eigenvalue weighted by Gasteiger charge is -2.38. The summed E-state index contributed by atoms with van der Waals surface area (Å²) in [6, 6.07) is 23.0. The van der Waals surface area contributed by atoms with Gasteiger partial charge in [0.05, 0.1) is 25.3 Å². The second-order valence-electron chi connectivity index (χ2n) is 8.05. The summed E-state index contributed by atoms with van der Waals surface area (Å²) in [4.78, 5) is -0.0350. The third-order valence-corrected chi connectivity index (χ3v) is 8.16. The fraction of sp³-hybridized carbons (Fsp3) is 0.115. The molecule has 2 aliphatic heterocycles. The Labute approximate surface area is 208 Å². The Bertz CT molecular complexity index is 1540. The third kappa shape index (κ3) is 3.79. The van der Waals surface area contributed by atoms with Gasteiger partial charge in [0.25, 0.3) is 10.0 Å². The van der Waals surface area contributed by atoms with E-state index in [-0.39, 0.29) is 28.7 Å². The molecule has 0 bridgehead atoms. The lowest BCUT2D eigenvalue weighted by Crippen LogP contribution is -2.39. The Balaban J connectivity index is 1.74. The van der Waals surface area contributed by atoms with Gasteiger partial charge in [0.1, 0.15) is 22.3 Å². The van der Waals surface area contributed by atoms with Crippen molar-refractivity contribution in [3.8, 4) is 11.8 Å². The molecule has 0 unspecified atom stereocenters. The van der Waals surface area contributed by atoms with Gasteiger partial charge in [-0.25, -0.2) is 8.42 Å². The van der Waals surface area contributed by atoms with E-state index in [1.165, 1.54) is 4.31 Å². The number of rotatable bonds is 4. The SMILES string of the molecule is COc1cccc(CN2c3ccccc3C3=C([C@H](c4ccc(Cl)cc4)C(C#N)=C(N)O3)S2(=O)=O)c1. The summed E-state index contributed by atoms with van der Waals surface area (Å²) in [6.45, 7) is 0.0573. The largest absolute Gasteiger partial charge is 0.497 e. The molecule has 9 heteroatoms. The minimum absolute atomic E-state index is 0.0235. The Kier molecular flexibility index (Phi) is 5.67. The van der Waals surface area contributed by atoms with E-state index < -0.39 is 15.9 Å². The molecular weight excluding hydrogens is 486 g/mol. The maximum absolute atomic E-state index is 14.2. The zero-order chi connectivity index (χ0) is 24.7. The Morgan fingerprint density at radius 2 is 1.86 bits per heavy atom. The van der Waals surface area contributed by atoms with Crippen molar-refractivity contribution in [3.63, 3.8) is 0 Å². The van der Waals surface area contributed by atoms with E-state index in [1.54, 1.807) is 73.8 Å².